The highest BCUT2D eigenvalue weighted by molar-refractivity contribution is 5.49. The number of aromatic nitrogens is 2. The summed E-state index contributed by atoms with van der Waals surface area (Å²) in [4.78, 5) is 10.8. The summed E-state index contributed by atoms with van der Waals surface area (Å²) in [5.74, 6) is 1.38. The van der Waals surface area contributed by atoms with Gasteiger partial charge in [0.05, 0.1) is 19.5 Å². The standard InChI is InChI=1S/C14H16N4O/c1-19-14-8-16-7-13(17-14)18-5-4-10-2-3-12(15)6-11(10)9-18/h2-3,6-8H,4-5,9,15H2,1H3. The number of ether oxygens (including phenoxy) is 1. The van der Waals surface area contributed by atoms with E-state index in [0.717, 1.165) is 31.0 Å². The Morgan fingerprint density at radius 1 is 1.26 bits per heavy atom. The van der Waals surface area contributed by atoms with Gasteiger partial charge in [-0.2, -0.15) is 4.98 Å². The summed E-state index contributed by atoms with van der Waals surface area (Å²) in [6, 6.07) is 6.11. The molecule has 0 unspecified atom stereocenters. The maximum absolute atomic E-state index is 5.85. The number of hydrogen-bond donors (Lipinski definition) is 1. The molecule has 0 atom stereocenters. The predicted octanol–water partition coefficient (Wildman–Crippen LogP) is 1.63. The monoisotopic (exact) mass is 256 g/mol. The molecule has 1 aliphatic rings. The molecule has 0 aliphatic carbocycles. The third kappa shape index (κ3) is 2.31. The quantitative estimate of drug-likeness (QED) is 0.827. The van der Waals surface area contributed by atoms with E-state index in [1.165, 1.54) is 11.1 Å². The molecule has 2 aromatic rings. The van der Waals surface area contributed by atoms with Crippen LogP contribution in [0.1, 0.15) is 11.1 Å². The largest absolute Gasteiger partial charge is 0.480 e. The van der Waals surface area contributed by atoms with Crippen LogP contribution >= 0.6 is 0 Å². The topological polar surface area (TPSA) is 64.3 Å². The van der Waals surface area contributed by atoms with E-state index in [2.05, 4.69) is 20.9 Å². The van der Waals surface area contributed by atoms with Crippen LogP contribution in [0.3, 0.4) is 0 Å². The third-order valence-electron chi connectivity index (χ3n) is 3.38. The van der Waals surface area contributed by atoms with Crippen LogP contribution in [0.2, 0.25) is 0 Å². The Morgan fingerprint density at radius 3 is 3.00 bits per heavy atom. The van der Waals surface area contributed by atoms with Gasteiger partial charge in [0.25, 0.3) is 0 Å². The van der Waals surface area contributed by atoms with Gasteiger partial charge < -0.3 is 15.4 Å². The number of rotatable bonds is 2. The molecular formula is C14H16N4O. The fourth-order valence-electron chi connectivity index (χ4n) is 2.36. The lowest BCUT2D eigenvalue weighted by atomic mass is 9.99. The van der Waals surface area contributed by atoms with Crippen LogP contribution in [0.25, 0.3) is 0 Å². The number of nitrogen functional groups attached to an aromatic ring is 1. The van der Waals surface area contributed by atoms with Gasteiger partial charge in [0.1, 0.15) is 0 Å². The number of benzene rings is 1. The minimum Gasteiger partial charge on any atom is -0.480 e. The van der Waals surface area contributed by atoms with Gasteiger partial charge in [-0.1, -0.05) is 6.07 Å². The number of nitrogens with two attached hydrogens (primary N) is 1. The zero-order chi connectivity index (χ0) is 13.2. The van der Waals surface area contributed by atoms with Crippen molar-refractivity contribution in [3.05, 3.63) is 41.7 Å². The molecule has 1 aliphatic heterocycles. The summed E-state index contributed by atoms with van der Waals surface area (Å²) in [5.41, 5.74) is 9.27. The summed E-state index contributed by atoms with van der Waals surface area (Å²) >= 11 is 0. The van der Waals surface area contributed by atoms with Crippen LogP contribution < -0.4 is 15.4 Å². The second-order valence-electron chi connectivity index (χ2n) is 4.62. The number of hydrogen-bond acceptors (Lipinski definition) is 5. The molecule has 0 radical (unpaired) electrons. The van der Waals surface area contributed by atoms with E-state index >= 15 is 0 Å². The van der Waals surface area contributed by atoms with E-state index in [1.54, 1.807) is 19.5 Å². The van der Waals surface area contributed by atoms with Crippen LogP contribution in [-0.4, -0.2) is 23.6 Å². The van der Waals surface area contributed by atoms with Gasteiger partial charge >= 0.3 is 0 Å². The molecular weight excluding hydrogens is 240 g/mol. The maximum Gasteiger partial charge on any atom is 0.233 e. The molecule has 2 heterocycles. The van der Waals surface area contributed by atoms with Crippen molar-refractivity contribution in [2.24, 2.45) is 0 Å². The lowest BCUT2D eigenvalue weighted by Crippen LogP contribution is -2.31. The van der Waals surface area contributed by atoms with Gasteiger partial charge in [-0.25, -0.2) is 0 Å². The second-order valence-corrected chi connectivity index (χ2v) is 4.62. The fourth-order valence-corrected chi connectivity index (χ4v) is 2.36. The van der Waals surface area contributed by atoms with E-state index in [-0.39, 0.29) is 0 Å². The number of methoxy groups -OCH3 is 1. The predicted molar refractivity (Wildman–Crippen MR) is 74.2 cm³/mol. The molecule has 1 aromatic heterocycles. The molecule has 98 valence electrons. The maximum atomic E-state index is 5.85. The van der Waals surface area contributed by atoms with Gasteiger partial charge in [-0.3, -0.25) is 4.98 Å². The summed E-state index contributed by atoms with van der Waals surface area (Å²) in [7, 11) is 1.60. The average molecular weight is 256 g/mol. The molecule has 0 amide bonds. The van der Waals surface area contributed by atoms with Crippen LogP contribution in [0.5, 0.6) is 5.88 Å². The lowest BCUT2D eigenvalue weighted by molar-refractivity contribution is 0.395. The van der Waals surface area contributed by atoms with Crippen molar-refractivity contribution in [2.75, 3.05) is 24.3 Å². The van der Waals surface area contributed by atoms with E-state index in [0.29, 0.717) is 5.88 Å². The average Bonchev–Trinajstić information content (AvgIpc) is 2.46. The van der Waals surface area contributed by atoms with E-state index in [1.807, 2.05) is 12.1 Å². The summed E-state index contributed by atoms with van der Waals surface area (Å²) in [6.45, 7) is 1.74. The molecule has 5 heteroatoms. The van der Waals surface area contributed by atoms with Crippen molar-refractivity contribution < 1.29 is 4.74 Å². The Kier molecular flexibility index (Phi) is 2.95. The molecule has 0 fully saturated rings. The van der Waals surface area contributed by atoms with E-state index in [9.17, 15) is 0 Å². The van der Waals surface area contributed by atoms with Crippen molar-refractivity contribution in [1.82, 2.24) is 9.97 Å². The highest BCUT2D eigenvalue weighted by Gasteiger charge is 2.18. The highest BCUT2D eigenvalue weighted by Crippen LogP contribution is 2.25. The molecule has 0 saturated heterocycles. The normalized spacial score (nSPS) is 14.1. The Balaban J connectivity index is 1.88. The van der Waals surface area contributed by atoms with Gasteiger partial charge in [-0.15, -0.1) is 0 Å². The Hall–Kier alpha value is -2.30. The SMILES string of the molecule is COc1cncc(N2CCc3ccc(N)cc3C2)n1. The Labute approximate surface area is 112 Å². The number of nitrogens with zero attached hydrogens (tertiary/aromatic N) is 3. The lowest BCUT2D eigenvalue weighted by Gasteiger charge is -2.29. The Bertz CT molecular complexity index is 600. The molecule has 3 rings (SSSR count). The second kappa shape index (κ2) is 4.76. The fraction of sp³-hybridized carbons (Fsp3) is 0.286. The molecule has 5 nitrogen and oxygen atoms in total. The van der Waals surface area contributed by atoms with E-state index in [4.69, 9.17) is 10.5 Å². The van der Waals surface area contributed by atoms with Gasteiger partial charge in [-0.05, 0) is 29.7 Å². The smallest absolute Gasteiger partial charge is 0.233 e. The van der Waals surface area contributed by atoms with Crippen molar-refractivity contribution in [2.45, 2.75) is 13.0 Å². The summed E-state index contributed by atoms with van der Waals surface area (Å²) in [6.07, 6.45) is 4.37. The van der Waals surface area contributed by atoms with Crippen LogP contribution in [0.15, 0.2) is 30.6 Å². The zero-order valence-corrected chi connectivity index (χ0v) is 10.8. The molecule has 0 saturated carbocycles. The molecule has 19 heavy (non-hydrogen) atoms. The first-order valence-electron chi connectivity index (χ1n) is 6.24. The van der Waals surface area contributed by atoms with Gasteiger partial charge in [0.2, 0.25) is 5.88 Å². The molecule has 1 aromatic carbocycles. The Morgan fingerprint density at radius 2 is 2.16 bits per heavy atom. The first-order valence-corrected chi connectivity index (χ1v) is 6.24. The van der Waals surface area contributed by atoms with E-state index < -0.39 is 0 Å². The first-order chi connectivity index (χ1) is 9.26. The van der Waals surface area contributed by atoms with Crippen molar-refractivity contribution in [3.63, 3.8) is 0 Å². The molecule has 0 spiro atoms. The highest BCUT2D eigenvalue weighted by atomic mass is 16.5. The van der Waals surface area contributed by atoms with Crippen LogP contribution in [-0.2, 0) is 13.0 Å². The van der Waals surface area contributed by atoms with Crippen molar-refractivity contribution in [3.8, 4) is 5.88 Å². The minimum absolute atomic E-state index is 0.538. The summed E-state index contributed by atoms with van der Waals surface area (Å²) in [5, 5.41) is 0. The van der Waals surface area contributed by atoms with Crippen LogP contribution in [0.4, 0.5) is 11.5 Å². The van der Waals surface area contributed by atoms with Gasteiger partial charge in [0.15, 0.2) is 5.82 Å². The number of anilines is 2. The van der Waals surface area contributed by atoms with Crippen molar-refractivity contribution >= 4 is 11.5 Å². The van der Waals surface area contributed by atoms with Crippen molar-refractivity contribution in [1.29, 1.82) is 0 Å². The number of fused-ring (bicyclic) bond motifs is 1. The third-order valence-corrected chi connectivity index (χ3v) is 3.38. The van der Waals surface area contributed by atoms with Crippen LogP contribution in [0, 0.1) is 0 Å². The minimum atomic E-state index is 0.538. The molecule has 0 bridgehead atoms. The molecule has 2 N–H and O–H groups in total. The zero-order valence-electron chi connectivity index (χ0n) is 10.8. The summed E-state index contributed by atoms with van der Waals surface area (Å²) < 4.78 is 5.11. The van der Waals surface area contributed by atoms with Gasteiger partial charge in [0, 0.05) is 18.8 Å². The first kappa shape index (κ1) is 11.8.